The van der Waals surface area contributed by atoms with Gasteiger partial charge in [0.2, 0.25) is 5.95 Å². The molecule has 2 heterocycles. The normalized spacial score (nSPS) is 19.9. The minimum atomic E-state index is -0.332. The van der Waals surface area contributed by atoms with Gasteiger partial charge in [-0.25, -0.2) is 4.68 Å². The van der Waals surface area contributed by atoms with Crippen LogP contribution in [0, 0.1) is 11.3 Å². The van der Waals surface area contributed by atoms with Gasteiger partial charge in [0.25, 0.3) is 0 Å². The molecular weight excluding hydrogens is 380 g/mol. The van der Waals surface area contributed by atoms with Crippen molar-refractivity contribution in [3.8, 4) is 11.5 Å². The largest absolute Gasteiger partial charge is 0.493 e. The van der Waals surface area contributed by atoms with Crippen molar-refractivity contribution in [2.45, 2.75) is 53.0 Å². The van der Waals surface area contributed by atoms with Crippen LogP contribution < -0.4 is 14.8 Å². The van der Waals surface area contributed by atoms with Crippen LogP contribution in [0.5, 0.6) is 11.5 Å². The second-order valence-electron chi connectivity index (χ2n) is 9.33. The van der Waals surface area contributed by atoms with E-state index >= 15 is 0 Å². The first-order chi connectivity index (χ1) is 14.3. The molecule has 1 atom stereocenters. The molecule has 160 valence electrons. The van der Waals surface area contributed by atoms with Crippen LogP contribution in [0.15, 0.2) is 35.8 Å². The van der Waals surface area contributed by atoms with E-state index in [0.29, 0.717) is 36.4 Å². The summed E-state index contributed by atoms with van der Waals surface area (Å²) < 4.78 is 13.3. The maximum Gasteiger partial charge on any atom is 0.226 e. The predicted molar refractivity (Wildman–Crippen MR) is 115 cm³/mol. The Hall–Kier alpha value is -2.83. The second kappa shape index (κ2) is 7.78. The summed E-state index contributed by atoms with van der Waals surface area (Å²) in [5, 5.41) is 7.74. The molecule has 0 amide bonds. The topological polar surface area (TPSA) is 78.3 Å². The quantitative estimate of drug-likeness (QED) is 0.762. The molecule has 1 N–H and O–H groups in total. The molecule has 0 unspecified atom stereocenters. The maximum atomic E-state index is 13.2. The molecule has 0 saturated carbocycles. The molecule has 4 rings (SSSR count). The third kappa shape index (κ3) is 3.80. The van der Waals surface area contributed by atoms with Crippen molar-refractivity contribution < 1.29 is 14.3 Å². The Morgan fingerprint density at radius 3 is 2.80 bits per heavy atom. The van der Waals surface area contributed by atoms with Crippen molar-refractivity contribution in [1.29, 1.82) is 0 Å². The minimum Gasteiger partial charge on any atom is -0.493 e. The molecule has 1 aromatic heterocycles. The van der Waals surface area contributed by atoms with Gasteiger partial charge in [-0.3, -0.25) is 4.79 Å². The van der Waals surface area contributed by atoms with E-state index in [0.717, 1.165) is 29.7 Å². The van der Waals surface area contributed by atoms with Crippen LogP contribution in [-0.2, 0) is 4.79 Å². The van der Waals surface area contributed by atoms with Crippen molar-refractivity contribution in [2.75, 3.05) is 19.0 Å². The van der Waals surface area contributed by atoms with Crippen molar-refractivity contribution in [3.63, 3.8) is 0 Å². The average molecular weight is 411 g/mol. The third-order valence-electron chi connectivity index (χ3n) is 5.73. The number of rotatable bonds is 6. The lowest BCUT2D eigenvalue weighted by Crippen LogP contribution is -2.36. The number of hydrogen-bond acceptors (Lipinski definition) is 6. The van der Waals surface area contributed by atoms with Gasteiger partial charge in [-0.1, -0.05) is 33.8 Å². The average Bonchev–Trinajstić information content (AvgIpc) is 3.13. The Kier molecular flexibility index (Phi) is 5.30. The predicted octanol–water partition coefficient (Wildman–Crippen LogP) is 4.37. The fourth-order valence-corrected chi connectivity index (χ4v) is 4.24. The Bertz CT molecular complexity index is 990. The van der Waals surface area contributed by atoms with Crippen molar-refractivity contribution >= 4 is 11.7 Å². The standard InChI is InChI=1S/C23H30N4O3/c1-14(2)8-9-30-18-7-6-15(10-19(18)29-5)21-20-16(11-23(3,4)12-17(20)28)26-22-24-13-25-27(21)22/h6-7,10,13-14,21H,8-9,11-12H2,1-5H3,(H,24,25,26)/t21-/m0/s1. The number of carbonyl (C=O) groups is 1. The number of methoxy groups -OCH3 is 1. The van der Waals surface area contributed by atoms with Crippen LogP contribution in [0.25, 0.3) is 0 Å². The molecule has 1 aromatic carbocycles. The highest BCUT2D eigenvalue weighted by atomic mass is 16.5. The second-order valence-corrected chi connectivity index (χ2v) is 9.33. The van der Waals surface area contributed by atoms with E-state index in [4.69, 9.17) is 9.47 Å². The lowest BCUT2D eigenvalue weighted by Gasteiger charge is -2.38. The van der Waals surface area contributed by atoms with Crippen LogP contribution in [0.3, 0.4) is 0 Å². The molecule has 7 heteroatoms. The highest BCUT2D eigenvalue weighted by Gasteiger charge is 2.41. The monoisotopic (exact) mass is 410 g/mol. The Morgan fingerprint density at radius 1 is 1.27 bits per heavy atom. The SMILES string of the molecule is COc1cc([C@H]2C3=C(CC(C)(C)CC3=O)Nc3ncnn32)ccc1OCCC(C)C. The molecule has 2 aliphatic rings. The van der Waals surface area contributed by atoms with Crippen molar-refractivity contribution in [3.05, 3.63) is 41.4 Å². The number of aromatic nitrogens is 3. The number of carbonyl (C=O) groups excluding carboxylic acids is 1. The summed E-state index contributed by atoms with van der Waals surface area (Å²) in [6, 6.07) is 5.53. The molecule has 1 aliphatic carbocycles. The molecular formula is C23H30N4O3. The van der Waals surface area contributed by atoms with E-state index < -0.39 is 0 Å². The third-order valence-corrected chi connectivity index (χ3v) is 5.73. The maximum absolute atomic E-state index is 13.2. The number of fused-ring (bicyclic) bond motifs is 1. The smallest absolute Gasteiger partial charge is 0.226 e. The lowest BCUT2D eigenvalue weighted by molar-refractivity contribution is -0.118. The van der Waals surface area contributed by atoms with E-state index in [9.17, 15) is 4.79 Å². The summed E-state index contributed by atoms with van der Waals surface area (Å²) >= 11 is 0. The number of allylic oxidation sites excluding steroid dienone is 2. The number of Topliss-reactive ketones (excluding diaryl/α,β-unsaturated/α-hetero) is 1. The molecule has 2 aromatic rings. The molecule has 0 spiro atoms. The zero-order valence-electron chi connectivity index (χ0n) is 18.4. The van der Waals surface area contributed by atoms with Crippen LogP contribution in [-0.4, -0.2) is 34.3 Å². The molecule has 0 fully saturated rings. The number of hydrogen-bond donors (Lipinski definition) is 1. The highest BCUT2D eigenvalue weighted by Crippen LogP contribution is 2.46. The van der Waals surface area contributed by atoms with Crippen LogP contribution >= 0.6 is 0 Å². The van der Waals surface area contributed by atoms with Gasteiger partial charge in [0.1, 0.15) is 12.4 Å². The highest BCUT2D eigenvalue weighted by molar-refractivity contribution is 6.00. The minimum absolute atomic E-state index is 0.0819. The number of nitrogens with zero attached hydrogens (tertiary/aromatic N) is 3. The van der Waals surface area contributed by atoms with Gasteiger partial charge >= 0.3 is 0 Å². The summed E-state index contributed by atoms with van der Waals surface area (Å²) in [7, 11) is 1.64. The van der Waals surface area contributed by atoms with E-state index in [1.165, 1.54) is 6.33 Å². The van der Waals surface area contributed by atoms with Crippen LogP contribution in [0.1, 0.15) is 58.6 Å². The number of ketones is 1. The summed E-state index contributed by atoms with van der Waals surface area (Å²) in [5.41, 5.74) is 2.55. The van der Waals surface area contributed by atoms with Crippen LogP contribution in [0.4, 0.5) is 5.95 Å². The molecule has 7 nitrogen and oxygen atoms in total. The van der Waals surface area contributed by atoms with Gasteiger partial charge in [0.05, 0.1) is 13.7 Å². The number of ether oxygens (including phenoxy) is 2. The number of anilines is 1. The first-order valence-electron chi connectivity index (χ1n) is 10.5. The summed E-state index contributed by atoms with van der Waals surface area (Å²) in [5.74, 6) is 2.74. The Labute approximate surface area is 177 Å². The van der Waals surface area contributed by atoms with E-state index in [1.54, 1.807) is 11.8 Å². The fraction of sp³-hybridized carbons (Fsp3) is 0.522. The van der Waals surface area contributed by atoms with Crippen molar-refractivity contribution in [1.82, 2.24) is 14.8 Å². The summed E-state index contributed by atoms with van der Waals surface area (Å²) in [6.45, 7) is 9.22. The summed E-state index contributed by atoms with van der Waals surface area (Å²) in [6.07, 6.45) is 3.80. The fourth-order valence-electron chi connectivity index (χ4n) is 4.24. The molecule has 0 saturated heterocycles. The van der Waals surface area contributed by atoms with Crippen LogP contribution in [0.2, 0.25) is 0 Å². The van der Waals surface area contributed by atoms with Gasteiger partial charge in [0.15, 0.2) is 17.3 Å². The lowest BCUT2D eigenvalue weighted by atomic mass is 9.73. The van der Waals surface area contributed by atoms with Gasteiger partial charge in [-0.05, 0) is 41.9 Å². The first kappa shape index (κ1) is 20.4. The van der Waals surface area contributed by atoms with E-state index in [1.807, 2.05) is 18.2 Å². The number of benzene rings is 1. The molecule has 1 aliphatic heterocycles. The van der Waals surface area contributed by atoms with Gasteiger partial charge < -0.3 is 14.8 Å². The van der Waals surface area contributed by atoms with Crippen molar-refractivity contribution in [2.24, 2.45) is 11.3 Å². The van der Waals surface area contributed by atoms with E-state index in [2.05, 4.69) is 43.1 Å². The van der Waals surface area contributed by atoms with E-state index in [-0.39, 0.29) is 17.2 Å². The zero-order chi connectivity index (χ0) is 21.5. The van der Waals surface area contributed by atoms with Gasteiger partial charge in [0, 0.05) is 17.7 Å². The molecule has 30 heavy (non-hydrogen) atoms. The number of nitrogens with one attached hydrogen (secondary N) is 1. The molecule has 0 bridgehead atoms. The van der Waals surface area contributed by atoms with Gasteiger partial charge in [-0.15, -0.1) is 0 Å². The Morgan fingerprint density at radius 2 is 2.07 bits per heavy atom. The Balaban J connectivity index is 1.73. The zero-order valence-corrected chi connectivity index (χ0v) is 18.4. The first-order valence-corrected chi connectivity index (χ1v) is 10.5. The van der Waals surface area contributed by atoms with Gasteiger partial charge in [-0.2, -0.15) is 10.1 Å². The molecule has 0 radical (unpaired) electrons. The summed E-state index contributed by atoms with van der Waals surface area (Å²) in [4.78, 5) is 17.5.